The van der Waals surface area contributed by atoms with E-state index in [4.69, 9.17) is 22.4 Å². The summed E-state index contributed by atoms with van der Waals surface area (Å²) in [7, 11) is 0. The van der Waals surface area contributed by atoms with Crippen molar-refractivity contribution in [3.8, 4) is 0 Å². The SMILES string of the molecule is Nc1n[nH]c(C(=O)N(CC(=O)O)c2ccc(Cl)cc2)n1. The van der Waals surface area contributed by atoms with Crippen LogP contribution in [0.15, 0.2) is 24.3 Å². The van der Waals surface area contributed by atoms with Crippen LogP contribution in [0.1, 0.15) is 10.6 Å². The first-order chi connectivity index (χ1) is 9.47. The third-order valence-electron chi connectivity index (χ3n) is 2.38. The van der Waals surface area contributed by atoms with Crippen molar-refractivity contribution in [3.63, 3.8) is 0 Å². The lowest BCUT2D eigenvalue weighted by Crippen LogP contribution is -2.36. The summed E-state index contributed by atoms with van der Waals surface area (Å²) < 4.78 is 0. The summed E-state index contributed by atoms with van der Waals surface area (Å²) in [4.78, 5) is 27.8. The Morgan fingerprint density at radius 1 is 1.35 bits per heavy atom. The Balaban J connectivity index is 2.34. The van der Waals surface area contributed by atoms with E-state index in [0.29, 0.717) is 10.7 Å². The van der Waals surface area contributed by atoms with E-state index in [2.05, 4.69) is 15.2 Å². The number of H-pyrrole nitrogens is 1. The van der Waals surface area contributed by atoms with Crippen molar-refractivity contribution in [1.29, 1.82) is 0 Å². The molecule has 9 heteroatoms. The van der Waals surface area contributed by atoms with E-state index < -0.39 is 18.4 Å². The summed E-state index contributed by atoms with van der Waals surface area (Å²) in [6.07, 6.45) is 0. The van der Waals surface area contributed by atoms with Gasteiger partial charge in [0.1, 0.15) is 6.54 Å². The summed E-state index contributed by atoms with van der Waals surface area (Å²) >= 11 is 5.76. The first kappa shape index (κ1) is 13.8. The summed E-state index contributed by atoms with van der Waals surface area (Å²) in [5, 5.41) is 15.3. The minimum absolute atomic E-state index is 0.0975. The first-order valence-corrected chi connectivity index (χ1v) is 5.82. The van der Waals surface area contributed by atoms with Gasteiger partial charge in [-0.3, -0.25) is 19.6 Å². The minimum atomic E-state index is -1.17. The number of carboxylic acid groups (broad SMARTS) is 1. The van der Waals surface area contributed by atoms with Crippen LogP contribution in [-0.4, -0.2) is 38.7 Å². The summed E-state index contributed by atoms with van der Waals surface area (Å²) in [6, 6.07) is 6.16. The van der Waals surface area contributed by atoms with Crippen molar-refractivity contribution < 1.29 is 14.7 Å². The highest BCUT2D eigenvalue weighted by molar-refractivity contribution is 6.30. The molecule has 0 fully saturated rings. The molecule has 1 aromatic carbocycles. The van der Waals surface area contributed by atoms with Crippen molar-refractivity contribution in [2.24, 2.45) is 0 Å². The molecule has 1 heterocycles. The zero-order valence-electron chi connectivity index (χ0n) is 10.1. The van der Waals surface area contributed by atoms with Gasteiger partial charge in [0, 0.05) is 10.7 Å². The fraction of sp³-hybridized carbons (Fsp3) is 0.0909. The Kier molecular flexibility index (Phi) is 3.85. The second-order valence-electron chi connectivity index (χ2n) is 3.80. The molecule has 4 N–H and O–H groups in total. The Morgan fingerprint density at radius 3 is 2.50 bits per heavy atom. The maximum atomic E-state index is 12.2. The molecule has 1 aromatic heterocycles. The van der Waals surface area contributed by atoms with Gasteiger partial charge in [0.05, 0.1) is 0 Å². The van der Waals surface area contributed by atoms with Crippen molar-refractivity contribution >= 4 is 35.1 Å². The monoisotopic (exact) mass is 295 g/mol. The number of halogens is 1. The van der Waals surface area contributed by atoms with Gasteiger partial charge >= 0.3 is 5.97 Å². The summed E-state index contributed by atoms with van der Waals surface area (Å²) in [5.74, 6) is -2.06. The molecule has 0 aliphatic carbocycles. The van der Waals surface area contributed by atoms with E-state index in [1.54, 1.807) is 12.1 Å². The number of anilines is 2. The highest BCUT2D eigenvalue weighted by atomic mass is 35.5. The number of rotatable bonds is 4. The molecule has 0 aliphatic rings. The Hall–Kier alpha value is -2.61. The van der Waals surface area contributed by atoms with Gasteiger partial charge in [0.2, 0.25) is 11.8 Å². The number of aromatic amines is 1. The number of hydrogen-bond donors (Lipinski definition) is 3. The van der Waals surface area contributed by atoms with Crippen LogP contribution in [0.25, 0.3) is 0 Å². The van der Waals surface area contributed by atoms with E-state index in [1.165, 1.54) is 12.1 Å². The number of amides is 1. The molecule has 0 unspecified atom stereocenters. The molecule has 0 aliphatic heterocycles. The fourth-order valence-electron chi connectivity index (χ4n) is 1.53. The van der Waals surface area contributed by atoms with Crippen molar-refractivity contribution in [2.75, 3.05) is 17.2 Å². The Bertz CT molecular complexity index is 640. The van der Waals surface area contributed by atoms with Gasteiger partial charge in [0.25, 0.3) is 5.91 Å². The van der Waals surface area contributed by atoms with E-state index >= 15 is 0 Å². The van der Waals surface area contributed by atoms with E-state index in [1.807, 2.05) is 0 Å². The molecule has 2 rings (SSSR count). The molecule has 1 amide bonds. The van der Waals surface area contributed by atoms with Crippen molar-refractivity contribution in [3.05, 3.63) is 35.1 Å². The number of carboxylic acids is 1. The summed E-state index contributed by atoms with van der Waals surface area (Å²) in [6.45, 7) is -0.527. The largest absolute Gasteiger partial charge is 0.480 e. The number of nitrogen functional groups attached to an aromatic ring is 1. The van der Waals surface area contributed by atoms with Crippen molar-refractivity contribution in [2.45, 2.75) is 0 Å². The molecule has 0 atom stereocenters. The van der Waals surface area contributed by atoms with Gasteiger partial charge in [-0.2, -0.15) is 4.98 Å². The van der Waals surface area contributed by atoms with Crippen LogP contribution in [0, 0.1) is 0 Å². The van der Waals surface area contributed by atoms with Crippen LogP contribution in [-0.2, 0) is 4.79 Å². The molecule has 104 valence electrons. The molecule has 2 aromatic rings. The van der Waals surface area contributed by atoms with Crippen LogP contribution in [0.5, 0.6) is 0 Å². The lowest BCUT2D eigenvalue weighted by atomic mass is 10.2. The second-order valence-corrected chi connectivity index (χ2v) is 4.24. The normalized spacial score (nSPS) is 10.2. The predicted octanol–water partition coefficient (Wildman–Crippen LogP) is 0.772. The van der Waals surface area contributed by atoms with Crippen LogP contribution < -0.4 is 10.6 Å². The Morgan fingerprint density at radius 2 is 2.00 bits per heavy atom. The van der Waals surface area contributed by atoms with Crippen LogP contribution in [0.3, 0.4) is 0 Å². The van der Waals surface area contributed by atoms with Gasteiger partial charge < -0.3 is 10.8 Å². The molecule has 0 saturated carbocycles. The fourth-order valence-corrected chi connectivity index (χ4v) is 1.66. The molecule has 0 spiro atoms. The second kappa shape index (κ2) is 5.57. The Labute approximate surface area is 118 Å². The van der Waals surface area contributed by atoms with Crippen LogP contribution in [0.2, 0.25) is 5.02 Å². The standard InChI is InChI=1S/C11H10ClN5O3/c12-6-1-3-7(4-2-6)17(5-8(18)19)10(20)9-14-11(13)16-15-9/h1-4H,5H2,(H,18,19)(H3,13,14,15,16). The number of carbonyl (C=O) groups excluding carboxylic acids is 1. The quantitative estimate of drug-likeness (QED) is 0.765. The highest BCUT2D eigenvalue weighted by Gasteiger charge is 2.23. The number of nitrogens with zero attached hydrogens (tertiary/aromatic N) is 3. The number of nitrogens with one attached hydrogen (secondary N) is 1. The van der Waals surface area contributed by atoms with Crippen LogP contribution >= 0.6 is 11.6 Å². The number of aliphatic carboxylic acids is 1. The summed E-state index contributed by atoms with van der Waals surface area (Å²) in [5.41, 5.74) is 5.69. The molecule has 0 radical (unpaired) electrons. The van der Waals surface area contributed by atoms with Crippen molar-refractivity contribution in [1.82, 2.24) is 15.2 Å². The third-order valence-corrected chi connectivity index (χ3v) is 2.63. The molecule has 8 nitrogen and oxygen atoms in total. The maximum Gasteiger partial charge on any atom is 0.323 e. The van der Waals surface area contributed by atoms with Gasteiger partial charge in [-0.05, 0) is 24.3 Å². The number of hydrogen-bond acceptors (Lipinski definition) is 5. The first-order valence-electron chi connectivity index (χ1n) is 5.44. The maximum absolute atomic E-state index is 12.2. The van der Waals surface area contributed by atoms with E-state index in [0.717, 1.165) is 4.90 Å². The molecular formula is C11H10ClN5O3. The predicted molar refractivity (Wildman–Crippen MR) is 71.6 cm³/mol. The van der Waals surface area contributed by atoms with Gasteiger partial charge in [-0.15, -0.1) is 5.10 Å². The zero-order valence-corrected chi connectivity index (χ0v) is 10.8. The zero-order chi connectivity index (χ0) is 14.7. The lowest BCUT2D eigenvalue weighted by Gasteiger charge is -2.19. The topological polar surface area (TPSA) is 125 Å². The molecule has 20 heavy (non-hydrogen) atoms. The van der Waals surface area contributed by atoms with Gasteiger partial charge in [-0.1, -0.05) is 11.6 Å². The van der Waals surface area contributed by atoms with Crippen LogP contribution in [0.4, 0.5) is 11.6 Å². The van der Waals surface area contributed by atoms with Gasteiger partial charge in [-0.25, -0.2) is 0 Å². The average Bonchev–Trinajstić information content (AvgIpc) is 2.83. The number of nitrogens with two attached hydrogens (primary N) is 1. The smallest absolute Gasteiger partial charge is 0.323 e. The van der Waals surface area contributed by atoms with E-state index in [-0.39, 0.29) is 11.8 Å². The average molecular weight is 296 g/mol. The highest BCUT2D eigenvalue weighted by Crippen LogP contribution is 2.19. The molecule has 0 bridgehead atoms. The number of carbonyl (C=O) groups is 2. The minimum Gasteiger partial charge on any atom is -0.480 e. The molecule has 0 saturated heterocycles. The number of aromatic nitrogens is 3. The molecular weight excluding hydrogens is 286 g/mol. The third kappa shape index (κ3) is 3.04. The lowest BCUT2D eigenvalue weighted by molar-refractivity contribution is -0.135. The number of benzene rings is 1. The van der Waals surface area contributed by atoms with Gasteiger partial charge in [0.15, 0.2) is 0 Å². The van der Waals surface area contributed by atoms with E-state index in [9.17, 15) is 9.59 Å².